The first-order valence-electron chi connectivity index (χ1n) is 13.5. The number of nitrogens with zero attached hydrogens (tertiary/aromatic N) is 3. The topological polar surface area (TPSA) is 121 Å². The number of likely N-dealkylation sites (N-methyl/N-ethyl adjacent to an activating group) is 2. The Morgan fingerprint density at radius 3 is 2.47 bits per heavy atom. The molecule has 38 heavy (non-hydrogen) atoms. The molecule has 0 bridgehead atoms. The highest BCUT2D eigenvalue weighted by Crippen LogP contribution is 2.31. The smallest absolute Gasteiger partial charge is 0.303 e. The third-order valence-corrected chi connectivity index (χ3v) is 8.42. The van der Waals surface area contributed by atoms with Gasteiger partial charge in [0.15, 0.2) is 6.10 Å². The van der Waals surface area contributed by atoms with E-state index in [1.165, 1.54) is 25.3 Å². The Labute approximate surface area is 230 Å². The molecule has 1 aliphatic rings. The zero-order valence-electron chi connectivity index (χ0n) is 24.1. The van der Waals surface area contributed by atoms with Crippen LogP contribution in [0.25, 0.3) is 0 Å². The Balaban J connectivity index is 2.28. The average Bonchev–Trinajstić information content (AvgIpc) is 3.38. The molecule has 214 valence electrons. The minimum Gasteiger partial charge on any atom is -0.455 e. The Morgan fingerprint density at radius 1 is 1.24 bits per heavy atom. The number of likely N-dealkylation sites (tertiary alicyclic amines) is 1. The summed E-state index contributed by atoms with van der Waals surface area (Å²) in [5.74, 6) is -1.10. The van der Waals surface area contributed by atoms with Crippen molar-refractivity contribution < 1.29 is 23.9 Å². The molecule has 1 aromatic rings. The van der Waals surface area contributed by atoms with Crippen LogP contribution in [0.1, 0.15) is 88.3 Å². The predicted molar refractivity (Wildman–Crippen MR) is 148 cm³/mol. The summed E-state index contributed by atoms with van der Waals surface area (Å²) >= 11 is 1.24. The summed E-state index contributed by atoms with van der Waals surface area (Å²) in [5, 5.41) is 7.74. The molecule has 1 fully saturated rings. The number of carbonyl (C=O) groups excluding carboxylic acids is 4. The molecule has 1 saturated heterocycles. The molecular weight excluding hydrogens is 506 g/mol. The van der Waals surface area contributed by atoms with E-state index in [0.717, 1.165) is 32.2 Å². The highest BCUT2D eigenvalue weighted by Gasteiger charge is 2.37. The van der Waals surface area contributed by atoms with E-state index in [1.807, 2.05) is 34.7 Å². The number of carbonyl (C=O) groups is 4. The fourth-order valence-electron chi connectivity index (χ4n) is 4.89. The second-order valence-corrected chi connectivity index (χ2v) is 11.5. The van der Waals surface area contributed by atoms with Crippen molar-refractivity contribution in [2.75, 3.05) is 27.7 Å². The first-order valence-corrected chi connectivity index (χ1v) is 14.4. The lowest BCUT2D eigenvalue weighted by molar-refractivity contribution is -0.149. The summed E-state index contributed by atoms with van der Waals surface area (Å²) in [6, 6.07) is -1.21. The molecule has 11 heteroatoms. The van der Waals surface area contributed by atoms with Gasteiger partial charge in [0.05, 0.1) is 6.04 Å². The normalized spacial score (nSPS) is 19.2. The molecule has 0 spiro atoms. The fraction of sp³-hybridized carbons (Fsp3) is 0.741. The van der Waals surface area contributed by atoms with Crippen LogP contribution in [-0.4, -0.2) is 84.3 Å². The van der Waals surface area contributed by atoms with Crippen molar-refractivity contribution in [1.29, 1.82) is 0 Å². The van der Waals surface area contributed by atoms with Crippen molar-refractivity contribution in [3.63, 3.8) is 0 Å². The number of aromatic nitrogens is 1. The summed E-state index contributed by atoms with van der Waals surface area (Å²) < 4.78 is 5.62. The van der Waals surface area contributed by atoms with Gasteiger partial charge >= 0.3 is 5.97 Å². The first-order chi connectivity index (χ1) is 17.9. The summed E-state index contributed by atoms with van der Waals surface area (Å²) in [4.78, 5) is 59.2. The lowest BCUT2D eigenvalue weighted by atomic mass is 9.92. The standard InChI is InChI=1S/C27H45N5O5S/c1-9-17(4)23(30-25(35)20-12-10-11-13-31(20)7)27(36)32(8)21(16(2)3)14-22(37-18(5)33)26-29-19(15-38-26)24(34)28-6/h15-17,20-23H,9-14H2,1-8H3,(H,28,34)(H,30,35)/t17-,20+,21+,22+,23?/m0/s1. The molecule has 10 nitrogen and oxygen atoms in total. The minimum absolute atomic E-state index is 0.0261. The number of amides is 3. The summed E-state index contributed by atoms with van der Waals surface area (Å²) in [5.41, 5.74) is 0.252. The third kappa shape index (κ3) is 8.23. The van der Waals surface area contributed by atoms with Gasteiger partial charge in [-0.1, -0.05) is 40.5 Å². The van der Waals surface area contributed by atoms with E-state index < -0.39 is 18.1 Å². The molecule has 2 N–H and O–H groups in total. The van der Waals surface area contributed by atoms with E-state index in [0.29, 0.717) is 11.4 Å². The van der Waals surface area contributed by atoms with Gasteiger partial charge < -0.3 is 20.3 Å². The molecule has 1 aromatic heterocycles. The van der Waals surface area contributed by atoms with Crippen LogP contribution in [0.3, 0.4) is 0 Å². The van der Waals surface area contributed by atoms with Gasteiger partial charge in [-0.2, -0.15) is 0 Å². The van der Waals surface area contributed by atoms with Crippen LogP contribution < -0.4 is 10.6 Å². The summed E-state index contributed by atoms with van der Waals surface area (Å²) in [6.45, 7) is 10.2. The van der Waals surface area contributed by atoms with E-state index in [1.54, 1.807) is 17.3 Å². The number of piperidine rings is 1. The third-order valence-electron chi connectivity index (χ3n) is 7.49. The number of hydrogen-bond donors (Lipinski definition) is 2. The molecule has 2 rings (SSSR count). The summed E-state index contributed by atoms with van der Waals surface area (Å²) in [6.07, 6.45) is 3.17. The molecule has 0 aromatic carbocycles. The second-order valence-electron chi connectivity index (χ2n) is 10.6. The highest BCUT2D eigenvalue weighted by molar-refractivity contribution is 7.09. The van der Waals surface area contributed by atoms with Crippen LogP contribution in [0.2, 0.25) is 0 Å². The number of hydrogen-bond acceptors (Lipinski definition) is 8. The molecular formula is C27H45N5O5S. The van der Waals surface area contributed by atoms with E-state index in [-0.39, 0.29) is 47.3 Å². The Bertz CT molecular complexity index is 967. The number of ether oxygens (including phenoxy) is 1. The van der Waals surface area contributed by atoms with Crippen molar-refractivity contribution >= 4 is 35.0 Å². The molecule has 3 amide bonds. The van der Waals surface area contributed by atoms with Crippen LogP contribution in [0.4, 0.5) is 0 Å². The van der Waals surface area contributed by atoms with E-state index >= 15 is 0 Å². The molecule has 1 aliphatic heterocycles. The molecule has 0 radical (unpaired) electrons. The number of esters is 1. The van der Waals surface area contributed by atoms with Gasteiger partial charge in [0.1, 0.15) is 16.7 Å². The van der Waals surface area contributed by atoms with Crippen molar-refractivity contribution in [2.24, 2.45) is 11.8 Å². The van der Waals surface area contributed by atoms with Crippen LogP contribution in [-0.2, 0) is 19.1 Å². The Morgan fingerprint density at radius 2 is 1.92 bits per heavy atom. The monoisotopic (exact) mass is 551 g/mol. The molecule has 0 aliphatic carbocycles. The van der Waals surface area contributed by atoms with E-state index in [9.17, 15) is 19.2 Å². The number of rotatable bonds is 12. The van der Waals surface area contributed by atoms with Crippen molar-refractivity contribution in [3.8, 4) is 0 Å². The average molecular weight is 552 g/mol. The van der Waals surface area contributed by atoms with Gasteiger partial charge in [-0.15, -0.1) is 11.3 Å². The van der Waals surface area contributed by atoms with Crippen molar-refractivity contribution in [2.45, 2.75) is 91.0 Å². The second kappa shape index (κ2) is 14.6. The zero-order chi connectivity index (χ0) is 28.6. The Hall–Kier alpha value is -2.53. The minimum atomic E-state index is -0.717. The van der Waals surface area contributed by atoms with Gasteiger partial charge in [-0.3, -0.25) is 24.1 Å². The SMILES string of the molecule is CC[C@H](C)C(NC(=O)[C@H]1CCCCN1C)C(=O)N(C)[C@H](C[C@@H](OC(C)=O)c1nc(C(=O)NC)cs1)C(C)C. The van der Waals surface area contributed by atoms with Crippen LogP contribution >= 0.6 is 11.3 Å². The maximum Gasteiger partial charge on any atom is 0.303 e. The van der Waals surface area contributed by atoms with Gasteiger partial charge in [-0.25, -0.2) is 4.98 Å². The lowest BCUT2D eigenvalue weighted by Crippen LogP contribution is -2.58. The summed E-state index contributed by atoms with van der Waals surface area (Å²) in [7, 11) is 5.22. The molecule has 5 atom stereocenters. The lowest BCUT2D eigenvalue weighted by Gasteiger charge is -2.38. The van der Waals surface area contributed by atoms with Crippen LogP contribution in [0.15, 0.2) is 5.38 Å². The number of nitrogens with one attached hydrogen (secondary N) is 2. The fourth-order valence-corrected chi connectivity index (χ4v) is 5.73. The van der Waals surface area contributed by atoms with Crippen molar-refractivity contribution in [1.82, 2.24) is 25.4 Å². The predicted octanol–water partition coefficient (Wildman–Crippen LogP) is 3.00. The Kier molecular flexibility index (Phi) is 12.2. The number of thiazole rings is 1. The molecule has 1 unspecified atom stereocenters. The van der Waals surface area contributed by atoms with Gasteiger partial charge in [-0.05, 0) is 38.3 Å². The van der Waals surface area contributed by atoms with Gasteiger partial charge in [0.25, 0.3) is 5.91 Å². The van der Waals surface area contributed by atoms with Gasteiger partial charge in [0.2, 0.25) is 11.8 Å². The van der Waals surface area contributed by atoms with Crippen LogP contribution in [0.5, 0.6) is 0 Å². The highest BCUT2D eigenvalue weighted by atomic mass is 32.1. The molecule has 2 heterocycles. The first kappa shape index (κ1) is 31.7. The van der Waals surface area contributed by atoms with E-state index in [4.69, 9.17) is 4.74 Å². The van der Waals surface area contributed by atoms with Crippen molar-refractivity contribution in [3.05, 3.63) is 16.1 Å². The maximum atomic E-state index is 13.9. The largest absolute Gasteiger partial charge is 0.455 e. The molecule has 0 saturated carbocycles. The van der Waals surface area contributed by atoms with Crippen LogP contribution in [0, 0.1) is 11.8 Å². The quantitative estimate of drug-likeness (QED) is 0.383. The van der Waals surface area contributed by atoms with Gasteiger partial charge in [0, 0.05) is 38.9 Å². The van der Waals surface area contributed by atoms with E-state index in [2.05, 4.69) is 20.5 Å². The maximum absolute atomic E-state index is 13.9. The zero-order valence-corrected chi connectivity index (χ0v) is 24.9.